The van der Waals surface area contributed by atoms with Gasteiger partial charge in [0.15, 0.2) is 12.7 Å². The molecule has 0 aliphatic carbocycles. The van der Waals surface area contributed by atoms with E-state index in [1.165, 1.54) is 0 Å². The first-order valence-corrected chi connectivity index (χ1v) is 9.05. The van der Waals surface area contributed by atoms with Gasteiger partial charge in [-0.2, -0.15) is 0 Å². The van der Waals surface area contributed by atoms with E-state index in [0.717, 1.165) is 11.3 Å². The van der Waals surface area contributed by atoms with Crippen LogP contribution in [0.3, 0.4) is 0 Å². The summed E-state index contributed by atoms with van der Waals surface area (Å²) in [6.07, 6.45) is -1.43. The van der Waals surface area contributed by atoms with Crippen molar-refractivity contribution in [3.8, 4) is 11.5 Å². The van der Waals surface area contributed by atoms with Crippen LogP contribution in [0.1, 0.15) is 17.2 Å². The van der Waals surface area contributed by atoms with E-state index in [0.29, 0.717) is 17.0 Å². The normalized spacial score (nSPS) is 11.4. The van der Waals surface area contributed by atoms with Gasteiger partial charge in [-0.05, 0) is 48.9 Å². The van der Waals surface area contributed by atoms with E-state index in [-0.39, 0.29) is 0 Å². The second-order valence-corrected chi connectivity index (χ2v) is 6.41. The molecule has 6 heteroatoms. The SMILES string of the molecule is Cc1ccc(Oc2ccc(NC(=O)COC(=O)[C@H](O)c3ccccc3)cc2)cc1. The predicted molar refractivity (Wildman–Crippen MR) is 109 cm³/mol. The van der Waals surface area contributed by atoms with Gasteiger partial charge in [-0.1, -0.05) is 48.0 Å². The van der Waals surface area contributed by atoms with Crippen molar-refractivity contribution >= 4 is 17.6 Å². The molecular weight excluding hydrogens is 370 g/mol. The summed E-state index contributed by atoms with van der Waals surface area (Å²) in [6.45, 7) is 1.51. The number of anilines is 1. The number of rotatable bonds is 7. The summed E-state index contributed by atoms with van der Waals surface area (Å²) in [6, 6.07) is 22.9. The average molecular weight is 391 g/mol. The van der Waals surface area contributed by atoms with Crippen LogP contribution in [-0.4, -0.2) is 23.6 Å². The largest absolute Gasteiger partial charge is 0.457 e. The Bertz CT molecular complexity index is 953. The van der Waals surface area contributed by atoms with Crippen LogP contribution in [0.5, 0.6) is 11.5 Å². The second-order valence-electron chi connectivity index (χ2n) is 6.41. The Kier molecular flexibility index (Phi) is 6.60. The summed E-state index contributed by atoms with van der Waals surface area (Å²) in [5.41, 5.74) is 2.08. The smallest absolute Gasteiger partial charge is 0.340 e. The van der Waals surface area contributed by atoms with Crippen molar-refractivity contribution in [2.75, 3.05) is 11.9 Å². The molecule has 3 aromatic rings. The first-order valence-electron chi connectivity index (χ1n) is 9.05. The molecule has 3 rings (SSSR count). The maximum Gasteiger partial charge on any atom is 0.340 e. The minimum Gasteiger partial charge on any atom is -0.457 e. The van der Waals surface area contributed by atoms with E-state index in [1.54, 1.807) is 54.6 Å². The predicted octanol–water partition coefficient (Wildman–Crippen LogP) is 4.00. The molecule has 1 atom stereocenters. The van der Waals surface area contributed by atoms with E-state index < -0.39 is 24.6 Å². The first kappa shape index (κ1) is 20.1. The molecule has 0 fully saturated rings. The molecule has 0 spiro atoms. The molecular formula is C23H21NO5. The molecule has 0 aliphatic heterocycles. The molecule has 0 unspecified atom stereocenters. The summed E-state index contributed by atoms with van der Waals surface area (Å²) in [5, 5.41) is 12.6. The van der Waals surface area contributed by atoms with E-state index in [9.17, 15) is 14.7 Å². The lowest BCUT2D eigenvalue weighted by atomic mass is 10.1. The summed E-state index contributed by atoms with van der Waals surface area (Å²) in [5.74, 6) is -0.0421. The zero-order valence-corrected chi connectivity index (χ0v) is 15.9. The summed E-state index contributed by atoms with van der Waals surface area (Å²) in [4.78, 5) is 23.9. The van der Waals surface area contributed by atoms with Gasteiger partial charge in [0.25, 0.3) is 5.91 Å². The van der Waals surface area contributed by atoms with Crippen LogP contribution < -0.4 is 10.1 Å². The minimum absolute atomic E-state index is 0.405. The topological polar surface area (TPSA) is 84.9 Å². The number of carbonyl (C=O) groups excluding carboxylic acids is 2. The van der Waals surface area contributed by atoms with Crippen LogP contribution in [-0.2, 0) is 14.3 Å². The highest BCUT2D eigenvalue weighted by molar-refractivity contribution is 5.93. The molecule has 3 aromatic carbocycles. The van der Waals surface area contributed by atoms with Crippen LogP contribution in [0, 0.1) is 6.92 Å². The number of ether oxygens (including phenoxy) is 2. The third-order valence-electron chi connectivity index (χ3n) is 4.08. The number of aliphatic hydroxyl groups excluding tert-OH is 1. The number of aryl methyl sites for hydroxylation is 1. The number of benzene rings is 3. The number of nitrogens with one attached hydrogen (secondary N) is 1. The van der Waals surface area contributed by atoms with Crippen LogP contribution in [0.15, 0.2) is 78.9 Å². The van der Waals surface area contributed by atoms with Crippen LogP contribution in [0.2, 0.25) is 0 Å². The molecule has 0 aliphatic rings. The lowest BCUT2D eigenvalue weighted by molar-refractivity contribution is -0.156. The van der Waals surface area contributed by atoms with Crippen molar-refractivity contribution in [3.05, 3.63) is 90.0 Å². The number of esters is 1. The molecule has 29 heavy (non-hydrogen) atoms. The van der Waals surface area contributed by atoms with Gasteiger partial charge in [-0.15, -0.1) is 0 Å². The number of amides is 1. The van der Waals surface area contributed by atoms with E-state index in [1.807, 2.05) is 31.2 Å². The quantitative estimate of drug-likeness (QED) is 0.595. The zero-order valence-electron chi connectivity index (χ0n) is 15.9. The Labute approximate surface area is 168 Å². The number of hydrogen-bond donors (Lipinski definition) is 2. The van der Waals surface area contributed by atoms with Crippen molar-refractivity contribution in [1.29, 1.82) is 0 Å². The fraction of sp³-hybridized carbons (Fsp3) is 0.130. The lowest BCUT2D eigenvalue weighted by Crippen LogP contribution is -2.23. The number of hydrogen-bond acceptors (Lipinski definition) is 5. The molecule has 1 amide bonds. The third-order valence-corrected chi connectivity index (χ3v) is 4.08. The van der Waals surface area contributed by atoms with Gasteiger partial charge in [-0.3, -0.25) is 4.79 Å². The fourth-order valence-corrected chi connectivity index (χ4v) is 2.53. The summed E-state index contributed by atoms with van der Waals surface area (Å²) >= 11 is 0. The van der Waals surface area contributed by atoms with Crippen molar-refractivity contribution in [2.24, 2.45) is 0 Å². The first-order chi connectivity index (χ1) is 14.0. The molecule has 148 valence electrons. The van der Waals surface area contributed by atoms with Crippen molar-refractivity contribution in [3.63, 3.8) is 0 Å². The molecule has 0 heterocycles. The number of aliphatic hydroxyl groups is 1. The molecule has 0 radical (unpaired) electrons. The van der Waals surface area contributed by atoms with Gasteiger partial charge in [-0.25, -0.2) is 4.79 Å². The zero-order chi connectivity index (χ0) is 20.6. The highest BCUT2D eigenvalue weighted by Gasteiger charge is 2.19. The highest BCUT2D eigenvalue weighted by Crippen LogP contribution is 2.23. The Balaban J connectivity index is 1.47. The van der Waals surface area contributed by atoms with Gasteiger partial charge in [0.05, 0.1) is 0 Å². The summed E-state index contributed by atoms with van der Waals surface area (Å²) < 4.78 is 10.6. The highest BCUT2D eigenvalue weighted by atomic mass is 16.5. The van der Waals surface area contributed by atoms with Crippen molar-refractivity contribution in [1.82, 2.24) is 0 Å². The van der Waals surface area contributed by atoms with E-state index >= 15 is 0 Å². The van der Waals surface area contributed by atoms with E-state index in [4.69, 9.17) is 9.47 Å². The molecule has 0 aromatic heterocycles. The fourth-order valence-electron chi connectivity index (χ4n) is 2.53. The molecule has 0 bridgehead atoms. The van der Waals surface area contributed by atoms with Gasteiger partial charge < -0.3 is 19.9 Å². The lowest BCUT2D eigenvalue weighted by Gasteiger charge is -2.11. The van der Waals surface area contributed by atoms with Gasteiger partial charge in [0.2, 0.25) is 0 Å². The van der Waals surface area contributed by atoms with E-state index in [2.05, 4.69) is 5.32 Å². The van der Waals surface area contributed by atoms with Crippen molar-refractivity contribution < 1.29 is 24.2 Å². The molecule has 2 N–H and O–H groups in total. The Hall–Kier alpha value is -3.64. The Morgan fingerprint density at radius 1 is 0.897 bits per heavy atom. The Morgan fingerprint density at radius 2 is 1.48 bits per heavy atom. The molecule has 6 nitrogen and oxygen atoms in total. The minimum atomic E-state index is -1.43. The maximum atomic E-state index is 12.0. The third kappa shape index (κ3) is 5.92. The van der Waals surface area contributed by atoms with Crippen molar-refractivity contribution in [2.45, 2.75) is 13.0 Å². The van der Waals surface area contributed by atoms with Gasteiger partial charge >= 0.3 is 5.97 Å². The monoisotopic (exact) mass is 391 g/mol. The molecule has 0 saturated carbocycles. The summed E-state index contributed by atoms with van der Waals surface area (Å²) in [7, 11) is 0. The van der Waals surface area contributed by atoms with Crippen LogP contribution in [0.4, 0.5) is 5.69 Å². The van der Waals surface area contributed by atoms with Gasteiger partial charge in [0, 0.05) is 5.69 Å². The standard InChI is InChI=1S/C23H21NO5/c1-16-7-11-19(12-8-16)29-20-13-9-18(10-14-20)24-21(25)15-28-23(27)22(26)17-5-3-2-4-6-17/h2-14,22,26H,15H2,1H3,(H,24,25)/t22-/m1/s1. The Morgan fingerprint density at radius 3 is 2.10 bits per heavy atom. The van der Waals surface area contributed by atoms with Crippen LogP contribution >= 0.6 is 0 Å². The molecule has 0 saturated heterocycles. The van der Waals surface area contributed by atoms with Crippen LogP contribution in [0.25, 0.3) is 0 Å². The van der Waals surface area contributed by atoms with Gasteiger partial charge in [0.1, 0.15) is 11.5 Å². The average Bonchev–Trinajstić information content (AvgIpc) is 2.75. The second kappa shape index (κ2) is 9.52. The maximum absolute atomic E-state index is 12.0. The number of carbonyl (C=O) groups is 2.